The van der Waals surface area contributed by atoms with Crippen molar-refractivity contribution >= 4 is 46.8 Å². The molecule has 1 N–H and O–H groups in total. The van der Waals surface area contributed by atoms with Crippen molar-refractivity contribution in [2.45, 2.75) is 68.0 Å². The molecule has 1 aromatic rings. The van der Waals surface area contributed by atoms with Gasteiger partial charge < -0.3 is 19.6 Å². The number of amides is 2. The number of likely N-dealkylation sites (tertiary alicyclic amines) is 1. The fraction of sp³-hybridized carbons (Fsp3) is 0.567. The first-order valence-electron chi connectivity index (χ1n) is 13.6. The van der Waals surface area contributed by atoms with Gasteiger partial charge in [-0.2, -0.15) is 0 Å². The second kappa shape index (κ2) is 11.7. The molecule has 0 aromatic heterocycles. The Morgan fingerprint density at radius 3 is 2.54 bits per heavy atom. The molecule has 2 amide bonds. The zero-order chi connectivity index (χ0) is 28.5. The molecule has 0 aliphatic carbocycles. The Morgan fingerprint density at radius 2 is 1.95 bits per heavy atom. The van der Waals surface area contributed by atoms with E-state index in [-0.39, 0.29) is 43.5 Å². The first-order chi connectivity index (χ1) is 18.6. The van der Waals surface area contributed by atoms with Gasteiger partial charge in [0.15, 0.2) is 0 Å². The maximum absolute atomic E-state index is 14.6. The summed E-state index contributed by atoms with van der Waals surface area (Å²) in [4.78, 5) is 45.7. The van der Waals surface area contributed by atoms with E-state index in [1.807, 2.05) is 20.8 Å². The van der Waals surface area contributed by atoms with Gasteiger partial charge in [-0.15, -0.1) is 24.9 Å². The molecular formula is C30H39ClN2O5S. The molecule has 0 saturated carbocycles. The van der Waals surface area contributed by atoms with Crippen LogP contribution in [-0.2, 0) is 19.1 Å². The molecule has 7 nitrogen and oxygen atoms in total. The van der Waals surface area contributed by atoms with Crippen molar-refractivity contribution < 1.29 is 24.2 Å². The van der Waals surface area contributed by atoms with Gasteiger partial charge in [0, 0.05) is 22.0 Å². The van der Waals surface area contributed by atoms with E-state index in [0.717, 1.165) is 6.42 Å². The third-order valence-electron chi connectivity index (χ3n) is 8.53. The maximum atomic E-state index is 14.6. The lowest BCUT2D eigenvalue weighted by atomic mass is 9.66. The fourth-order valence-corrected chi connectivity index (χ4v) is 9.14. The second-order valence-corrected chi connectivity index (χ2v) is 13.6. The van der Waals surface area contributed by atoms with E-state index >= 15 is 0 Å². The highest BCUT2D eigenvalue weighted by Gasteiger charge is 2.78. The first kappa shape index (κ1) is 29.7. The lowest BCUT2D eigenvalue weighted by Crippen LogP contribution is -2.58. The molecule has 0 radical (unpaired) electrons. The number of rotatable bonds is 12. The molecule has 3 aliphatic heterocycles. The van der Waals surface area contributed by atoms with Crippen molar-refractivity contribution in [2.24, 2.45) is 17.8 Å². The number of allylic oxidation sites excluding steroid dienone is 1. The van der Waals surface area contributed by atoms with E-state index in [4.69, 9.17) is 16.3 Å². The number of halogens is 1. The molecular weight excluding hydrogens is 536 g/mol. The van der Waals surface area contributed by atoms with Crippen molar-refractivity contribution in [3.63, 3.8) is 0 Å². The number of carbonyl (C=O) groups is 3. The first-order valence-corrected chi connectivity index (χ1v) is 14.8. The van der Waals surface area contributed by atoms with Gasteiger partial charge in [0.2, 0.25) is 5.91 Å². The topological polar surface area (TPSA) is 87.1 Å². The van der Waals surface area contributed by atoms with E-state index in [1.54, 1.807) is 58.0 Å². The lowest BCUT2D eigenvalue weighted by molar-refractivity contribution is -0.156. The van der Waals surface area contributed by atoms with Crippen LogP contribution in [-0.4, -0.2) is 69.1 Å². The van der Waals surface area contributed by atoms with Crippen LogP contribution in [0.4, 0.5) is 5.69 Å². The van der Waals surface area contributed by atoms with Crippen LogP contribution in [0, 0.1) is 17.8 Å². The summed E-state index contributed by atoms with van der Waals surface area (Å²) in [6.07, 6.45) is 6.15. The number of unbranched alkanes of at least 4 members (excludes halogenated alkanes) is 1. The predicted octanol–water partition coefficient (Wildman–Crippen LogP) is 4.87. The van der Waals surface area contributed by atoms with Crippen molar-refractivity contribution in [3.05, 3.63) is 54.6 Å². The van der Waals surface area contributed by atoms with Crippen molar-refractivity contribution in [1.29, 1.82) is 0 Å². The van der Waals surface area contributed by atoms with Gasteiger partial charge in [0.1, 0.15) is 6.04 Å². The van der Waals surface area contributed by atoms with Gasteiger partial charge in [-0.05, 0) is 62.8 Å². The summed E-state index contributed by atoms with van der Waals surface area (Å²) < 4.78 is 4.37. The minimum atomic E-state index is -0.851. The Balaban J connectivity index is 1.79. The highest BCUT2D eigenvalue weighted by Crippen LogP contribution is 2.72. The molecule has 3 aliphatic rings. The average molecular weight is 575 g/mol. The molecule has 3 heterocycles. The summed E-state index contributed by atoms with van der Waals surface area (Å²) in [5.41, 5.74) is 0.642. The number of benzene rings is 1. The minimum absolute atomic E-state index is 0.102. The third-order valence-corrected chi connectivity index (χ3v) is 10.8. The smallest absolute Gasteiger partial charge is 0.311 e. The monoisotopic (exact) mass is 574 g/mol. The van der Waals surface area contributed by atoms with Crippen LogP contribution < -0.4 is 4.90 Å². The average Bonchev–Trinajstić information content (AvgIpc) is 3.47. The van der Waals surface area contributed by atoms with Crippen molar-refractivity contribution in [2.75, 3.05) is 24.7 Å². The second-order valence-electron chi connectivity index (χ2n) is 11.3. The molecule has 212 valence electrons. The molecule has 3 saturated heterocycles. The quantitative estimate of drug-likeness (QED) is 0.218. The normalized spacial score (nSPS) is 29.8. The summed E-state index contributed by atoms with van der Waals surface area (Å²) >= 11 is 7.71. The minimum Gasteiger partial charge on any atom is -0.465 e. The number of anilines is 1. The molecule has 4 rings (SSSR count). The Labute approximate surface area is 240 Å². The number of aliphatic hydroxyl groups excluding tert-OH is 1. The third kappa shape index (κ3) is 5.04. The van der Waals surface area contributed by atoms with Crippen LogP contribution in [0.2, 0.25) is 5.02 Å². The summed E-state index contributed by atoms with van der Waals surface area (Å²) in [5.74, 6) is -2.35. The largest absolute Gasteiger partial charge is 0.465 e. The fourth-order valence-electron chi connectivity index (χ4n) is 6.69. The van der Waals surface area contributed by atoms with Crippen molar-refractivity contribution in [3.8, 4) is 0 Å². The van der Waals surface area contributed by atoms with Gasteiger partial charge >= 0.3 is 5.97 Å². The van der Waals surface area contributed by atoms with E-state index in [1.165, 1.54) is 0 Å². The number of thioether (sulfide) groups is 1. The number of ether oxygens (including phenoxy) is 1. The summed E-state index contributed by atoms with van der Waals surface area (Å²) in [6.45, 7) is 13.7. The molecule has 9 heteroatoms. The van der Waals surface area contributed by atoms with Crippen LogP contribution >= 0.6 is 23.4 Å². The van der Waals surface area contributed by atoms with Gasteiger partial charge in [0.25, 0.3) is 5.91 Å². The van der Waals surface area contributed by atoms with E-state index in [2.05, 4.69) is 13.2 Å². The summed E-state index contributed by atoms with van der Waals surface area (Å²) in [5, 5.41) is 11.0. The SMILES string of the molecule is C=CCCCOC(=O)[C@H]1[C@H]2C(=O)N([C@@H](CO)C(C)C)C(C(=O)N(CC=C)c3ccc(Cl)cc3)C23CC[C@]1(C)S3. The molecule has 3 fully saturated rings. The van der Waals surface area contributed by atoms with Crippen LogP contribution in [0.15, 0.2) is 49.6 Å². The number of fused-ring (bicyclic) bond motifs is 1. The molecule has 1 aromatic carbocycles. The van der Waals surface area contributed by atoms with E-state index in [0.29, 0.717) is 30.0 Å². The van der Waals surface area contributed by atoms with Gasteiger partial charge in [-0.1, -0.05) is 37.6 Å². The van der Waals surface area contributed by atoms with E-state index < -0.39 is 33.4 Å². The number of carbonyl (C=O) groups excluding carboxylic acids is 3. The number of nitrogens with zero attached hydrogens (tertiary/aromatic N) is 2. The Bertz CT molecular complexity index is 1130. The van der Waals surface area contributed by atoms with Crippen LogP contribution in [0.5, 0.6) is 0 Å². The van der Waals surface area contributed by atoms with Gasteiger partial charge in [-0.3, -0.25) is 14.4 Å². The van der Waals surface area contributed by atoms with Gasteiger partial charge in [0.05, 0.1) is 35.8 Å². The van der Waals surface area contributed by atoms with Gasteiger partial charge in [-0.25, -0.2) is 0 Å². The zero-order valence-corrected chi connectivity index (χ0v) is 24.5. The standard InChI is InChI=1S/C30H39ClN2O5S/c1-6-8-9-17-38-28(37)24-23-26(35)33(22(18-34)19(3)4)25(30(23)15-14-29(24,5)39-30)27(36)32(16-7-2)21-12-10-20(31)11-13-21/h6-7,10-13,19,22-25,34H,1-2,8-9,14-18H2,3-5H3/t22-,23-,24+,25?,29-,30?/m0/s1. The highest BCUT2D eigenvalue weighted by molar-refractivity contribution is 8.02. The molecule has 1 spiro atoms. The predicted molar refractivity (Wildman–Crippen MR) is 156 cm³/mol. The number of hydrogen-bond donors (Lipinski definition) is 1. The van der Waals surface area contributed by atoms with Crippen LogP contribution in [0.3, 0.4) is 0 Å². The Hall–Kier alpha value is -2.29. The zero-order valence-electron chi connectivity index (χ0n) is 23.0. The van der Waals surface area contributed by atoms with Crippen LogP contribution in [0.1, 0.15) is 46.5 Å². The summed E-state index contributed by atoms with van der Waals surface area (Å²) in [6, 6.07) is 5.57. The maximum Gasteiger partial charge on any atom is 0.311 e. The number of hydrogen-bond acceptors (Lipinski definition) is 6. The Kier molecular flexibility index (Phi) is 8.89. The Morgan fingerprint density at radius 1 is 1.26 bits per heavy atom. The van der Waals surface area contributed by atoms with E-state index in [9.17, 15) is 19.5 Å². The van der Waals surface area contributed by atoms with Crippen molar-refractivity contribution in [1.82, 2.24) is 4.90 Å². The summed E-state index contributed by atoms with van der Waals surface area (Å²) in [7, 11) is 0. The molecule has 2 bridgehead atoms. The number of aliphatic hydroxyl groups is 1. The highest BCUT2D eigenvalue weighted by atomic mass is 35.5. The molecule has 2 unspecified atom stereocenters. The number of esters is 1. The molecule has 6 atom stereocenters. The molecule has 39 heavy (non-hydrogen) atoms. The lowest BCUT2D eigenvalue weighted by Gasteiger charge is -2.40. The van der Waals surface area contributed by atoms with Crippen LogP contribution in [0.25, 0.3) is 0 Å².